The van der Waals surface area contributed by atoms with Gasteiger partial charge in [-0.05, 0) is 79.4 Å². The maximum absolute atomic E-state index is 5.54. The minimum atomic E-state index is 0.692. The summed E-state index contributed by atoms with van der Waals surface area (Å²) in [5.74, 6) is 4.95. The van der Waals surface area contributed by atoms with Crippen molar-refractivity contribution in [1.29, 1.82) is 0 Å². The summed E-state index contributed by atoms with van der Waals surface area (Å²) in [6.45, 7) is 1.55. The maximum atomic E-state index is 5.54. The molecule has 0 aromatic heterocycles. The van der Waals surface area contributed by atoms with Crippen LogP contribution in [0.3, 0.4) is 0 Å². The molecule has 5 rings (SSSR count). The minimum absolute atomic E-state index is 0.692. The molecule has 0 heterocycles. The number of rotatable bonds is 4. The van der Waals surface area contributed by atoms with Gasteiger partial charge in [-0.3, -0.25) is 0 Å². The highest BCUT2D eigenvalue weighted by Crippen LogP contribution is 2.59. The summed E-state index contributed by atoms with van der Waals surface area (Å²) in [5.41, 5.74) is 8.35. The predicted octanol–water partition coefficient (Wildman–Crippen LogP) is 3.60. The summed E-state index contributed by atoms with van der Waals surface area (Å²) in [5, 5.41) is 3.36. The summed E-state index contributed by atoms with van der Waals surface area (Å²) >= 11 is 0. The Kier molecular flexibility index (Phi) is 3.22. The molecule has 0 saturated heterocycles. The molecule has 4 fully saturated rings. The van der Waals surface area contributed by atoms with Gasteiger partial charge in [0.05, 0.1) is 0 Å². The standard InChI is InChI=1S/C18H26N2/c19-5-6-20-17-3-1-14(2-4-17)18-15-8-12-7-13(10-15)11-16(18)9-12/h1-4,12-13,15-16,18,20H,5-11,19H2. The fourth-order valence-corrected chi connectivity index (χ4v) is 5.51. The van der Waals surface area contributed by atoms with Gasteiger partial charge in [-0.25, -0.2) is 0 Å². The van der Waals surface area contributed by atoms with E-state index < -0.39 is 0 Å². The Balaban J connectivity index is 1.52. The SMILES string of the molecule is NCCNc1ccc(C2C3CC4CC(C3)CC2C4)cc1. The molecule has 2 nitrogen and oxygen atoms in total. The monoisotopic (exact) mass is 270 g/mol. The normalized spacial score (nSPS) is 38.1. The largest absolute Gasteiger partial charge is 0.384 e. The molecule has 0 aliphatic heterocycles. The average molecular weight is 270 g/mol. The molecule has 0 unspecified atom stereocenters. The Bertz CT molecular complexity index is 437. The molecule has 4 aliphatic carbocycles. The van der Waals surface area contributed by atoms with Gasteiger partial charge in [-0.2, -0.15) is 0 Å². The Hall–Kier alpha value is -1.02. The second-order valence-corrected chi connectivity index (χ2v) is 7.29. The van der Waals surface area contributed by atoms with Crippen LogP contribution >= 0.6 is 0 Å². The van der Waals surface area contributed by atoms with E-state index >= 15 is 0 Å². The molecular weight excluding hydrogens is 244 g/mol. The number of nitrogens with one attached hydrogen (secondary N) is 1. The van der Waals surface area contributed by atoms with Crippen molar-refractivity contribution in [2.45, 2.75) is 38.0 Å². The molecular formula is C18H26N2. The van der Waals surface area contributed by atoms with Crippen LogP contribution in [0.25, 0.3) is 0 Å². The van der Waals surface area contributed by atoms with Crippen molar-refractivity contribution in [2.75, 3.05) is 18.4 Å². The molecule has 4 aliphatic rings. The van der Waals surface area contributed by atoms with E-state index in [0.717, 1.165) is 36.1 Å². The van der Waals surface area contributed by atoms with Crippen LogP contribution in [0.15, 0.2) is 24.3 Å². The predicted molar refractivity (Wildman–Crippen MR) is 83.8 cm³/mol. The van der Waals surface area contributed by atoms with E-state index in [4.69, 9.17) is 5.73 Å². The van der Waals surface area contributed by atoms with Gasteiger partial charge in [0.15, 0.2) is 0 Å². The highest BCUT2D eigenvalue weighted by molar-refractivity contribution is 5.45. The molecule has 1 aromatic carbocycles. The Morgan fingerprint density at radius 3 is 2.05 bits per heavy atom. The van der Waals surface area contributed by atoms with Crippen LogP contribution in [0.1, 0.15) is 43.6 Å². The lowest BCUT2D eigenvalue weighted by Crippen LogP contribution is -2.43. The first kappa shape index (κ1) is 12.7. The quantitative estimate of drug-likeness (QED) is 0.877. The van der Waals surface area contributed by atoms with Crippen LogP contribution in [0.5, 0.6) is 0 Å². The third-order valence-electron chi connectivity index (χ3n) is 6.00. The van der Waals surface area contributed by atoms with Gasteiger partial charge in [-0.1, -0.05) is 12.1 Å². The van der Waals surface area contributed by atoms with E-state index in [2.05, 4.69) is 29.6 Å². The van der Waals surface area contributed by atoms with Crippen LogP contribution in [0, 0.1) is 23.7 Å². The van der Waals surface area contributed by atoms with Crippen LogP contribution < -0.4 is 11.1 Å². The maximum Gasteiger partial charge on any atom is 0.0340 e. The van der Waals surface area contributed by atoms with Crippen molar-refractivity contribution in [3.63, 3.8) is 0 Å². The average Bonchev–Trinajstić information content (AvgIpc) is 2.45. The number of anilines is 1. The van der Waals surface area contributed by atoms with Crippen molar-refractivity contribution < 1.29 is 0 Å². The number of nitrogens with two attached hydrogens (primary N) is 1. The summed E-state index contributed by atoms with van der Waals surface area (Å²) < 4.78 is 0. The smallest absolute Gasteiger partial charge is 0.0340 e. The molecule has 4 saturated carbocycles. The zero-order valence-corrected chi connectivity index (χ0v) is 12.2. The van der Waals surface area contributed by atoms with Gasteiger partial charge in [0.1, 0.15) is 0 Å². The lowest BCUT2D eigenvalue weighted by molar-refractivity contribution is -0.00277. The summed E-state index contributed by atoms with van der Waals surface area (Å²) in [4.78, 5) is 0. The van der Waals surface area contributed by atoms with Gasteiger partial charge < -0.3 is 11.1 Å². The molecule has 108 valence electrons. The molecule has 0 spiro atoms. The van der Waals surface area contributed by atoms with E-state index in [0.29, 0.717) is 6.54 Å². The topological polar surface area (TPSA) is 38.0 Å². The van der Waals surface area contributed by atoms with E-state index in [1.54, 1.807) is 12.0 Å². The van der Waals surface area contributed by atoms with Crippen LogP contribution in [0.4, 0.5) is 5.69 Å². The second kappa shape index (κ2) is 5.07. The Morgan fingerprint density at radius 1 is 0.900 bits per heavy atom. The number of hydrogen-bond acceptors (Lipinski definition) is 2. The van der Waals surface area contributed by atoms with E-state index in [-0.39, 0.29) is 0 Å². The molecule has 20 heavy (non-hydrogen) atoms. The molecule has 0 atom stereocenters. The minimum Gasteiger partial charge on any atom is -0.384 e. The van der Waals surface area contributed by atoms with E-state index in [1.165, 1.54) is 31.4 Å². The first-order valence-corrected chi connectivity index (χ1v) is 8.37. The highest BCUT2D eigenvalue weighted by Gasteiger charge is 2.48. The third-order valence-corrected chi connectivity index (χ3v) is 6.00. The number of hydrogen-bond donors (Lipinski definition) is 2. The molecule has 2 heteroatoms. The lowest BCUT2D eigenvalue weighted by Gasteiger charge is -2.54. The van der Waals surface area contributed by atoms with Gasteiger partial charge in [0, 0.05) is 18.8 Å². The van der Waals surface area contributed by atoms with Gasteiger partial charge in [0.25, 0.3) is 0 Å². The van der Waals surface area contributed by atoms with Crippen LogP contribution in [-0.4, -0.2) is 13.1 Å². The van der Waals surface area contributed by atoms with Gasteiger partial charge >= 0.3 is 0 Å². The zero-order chi connectivity index (χ0) is 13.5. The molecule has 4 bridgehead atoms. The van der Waals surface area contributed by atoms with Crippen molar-refractivity contribution in [1.82, 2.24) is 0 Å². The second-order valence-electron chi connectivity index (χ2n) is 7.29. The summed E-state index contributed by atoms with van der Waals surface area (Å²) in [6, 6.07) is 9.23. The molecule has 1 aromatic rings. The van der Waals surface area contributed by atoms with Crippen molar-refractivity contribution in [3.8, 4) is 0 Å². The Labute approximate surface area is 122 Å². The lowest BCUT2D eigenvalue weighted by atomic mass is 9.51. The molecule has 3 N–H and O–H groups in total. The third kappa shape index (κ3) is 2.14. The molecule has 0 amide bonds. The summed E-state index contributed by atoms with van der Waals surface area (Å²) in [7, 11) is 0. The first-order valence-electron chi connectivity index (χ1n) is 8.37. The highest BCUT2D eigenvalue weighted by atomic mass is 14.9. The van der Waals surface area contributed by atoms with Crippen LogP contribution in [-0.2, 0) is 0 Å². The van der Waals surface area contributed by atoms with E-state index in [9.17, 15) is 0 Å². The van der Waals surface area contributed by atoms with Crippen molar-refractivity contribution in [3.05, 3.63) is 29.8 Å². The van der Waals surface area contributed by atoms with Gasteiger partial charge in [-0.15, -0.1) is 0 Å². The Morgan fingerprint density at radius 2 is 1.50 bits per heavy atom. The zero-order valence-electron chi connectivity index (χ0n) is 12.2. The van der Waals surface area contributed by atoms with Gasteiger partial charge in [0.2, 0.25) is 0 Å². The van der Waals surface area contributed by atoms with Crippen molar-refractivity contribution in [2.24, 2.45) is 29.4 Å². The fourth-order valence-electron chi connectivity index (χ4n) is 5.51. The molecule has 0 radical (unpaired) electrons. The van der Waals surface area contributed by atoms with E-state index in [1.807, 2.05) is 0 Å². The van der Waals surface area contributed by atoms with Crippen LogP contribution in [0.2, 0.25) is 0 Å². The fraction of sp³-hybridized carbons (Fsp3) is 0.667. The first-order chi connectivity index (χ1) is 9.83. The summed E-state index contributed by atoms with van der Waals surface area (Å²) in [6.07, 6.45) is 7.56. The number of benzene rings is 1. The van der Waals surface area contributed by atoms with Crippen molar-refractivity contribution >= 4 is 5.69 Å².